The minimum absolute atomic E-state index is 0.215. The average Bonchev–Trinajstić information content (AvgIpc) is 3.02. The molecule has 138 valence electrons. The summed E-state index contributed by atoms with van der Waals surface area (Å²) in [6.45, 7) is 0.646. The molecular weight excluding hydrogens is 406 g/mol. The highest BCUT2D eigenvalue weighted by molar-refractivity contribution is 9.10. The summed E-state index contributed by atoms with van der Waals surface area (Å²) in [4.78, 5) is 10.5. The maximum Gasteiger partial charge on any atom is 0.303 e. The van der Waals surface area contributed by atoms with Gasteiger partial charge in [-0.2, -0.15) is 4.21 Å². The van der Waals surface area contributed by atoms with E-state index in [0.29, 0.717) is 30.6 Å². The molecule has 0 aliphatic heterocycles. The predicted octanol–water partition coefficient (Wildman–Crippen LogP) is 4.22. The number of unbranched alkanes of at least 4 members (excludes halogenated alkanes) is 1. The summed E-state index contributed by atoms with van der Waals surface area (Å²) < 4.78 is 21.3. The van der Waals surface area contributed by atoms with Crippen LogP contribution >= 0.6 is 15.9 Å². The monoisotopic (exact) mass is 429 g/mol. The Morgan fingerprint density at radius 2 is 2.12 bits per heavy atom. The zero-order valence-corrected chi connectivity index (χ0v) is 16.4. The van der Waals surface area contributed by atoms with Gasteiger partial charge in [-0.1, -0.05) is 34.5 Å². The molecule has 2 unspecified atom stereocenters. The number of allylic oxidation sites excluding steroid dienone is 2. The van der Waals surface area contributed by atoms with Crippen LogP contribution in [0.4, 0.5) is 0 Å². The number of carboxylic acids is 1. The summed E-state index contributed by atoms with van der Waals surface area (Å²) >= 11 is 1.79. The Labute approximate surface area is 159 Å². The highest BCUT2D eigenvalue weighted by Crippen LogP contribution is 2.32. The quantitative estimate of drug-likeness (QED) is 0.431. The van der Waals surface area contributed by atoms with E-state index >= 15 is 0 Å². The lowest BCUT2D eigenvalue weighted by Crippen LogP contribution is -2.29. The van der Waals surface area contributed by atoms with Crippen molar-refractivity contribution >= 4 is 33.2 Å². The van der Waals surface area contributed by atoms with Gasteiger partial charge in [0, 0.05) is 17.4 Å². The topological polar surface area (TPSA) is 75.6 Å². The predicted molar refractivity (Wildman–Crippen MR) is 102 cm³/mol. The van der Waals surface area contributed by atoms with Gasteiger partial charge in [-0.15, -0.1) is 0 Å². The van der Waals surface area contributed by atoms with Crippen molar-refractivity contribution in [2.75, 3.05) is 6.54 Å². The number of benzene rings is 1. The number of nitrogens with one attached hydrogen (secondary N) is 1. The molecule has 0 aromatic heterocycles. The lowest BCUT2D eigenvalue weighted by Gasteiger charge is -2.16. The summed E-state index contributed by atoms with van der Waals surface area (Å²) in [5.41, 5.74) is 0. The minimum Gasteiger partial charge on any atom is -0.481 e. The van der Waals surface area contributed by atoms with Crippen molar-refractivity contribution in [2.45, 2.75) is 38.5 Å². The van der Waals surface area contributed by atoms with Gasteiger partial charge in [0.1, 0.15) is 5.75 Å². The van der Waals surface area contributed by atoms with Gasteiger partial charge >= 0.3 is 5.97 Å². The van der Waals surface area contributed by atoms with E-state index < -0.39 is 17.2 Å². The molecule has 0 radical (unpaired) electrons. The van der Waals surface area contributed by atoms with Crippen LogP contribution in [-0.4, -0.2) is 21.8 Å². The largest absolute Gasteiger partial charge is 0.481 e. The Kier molecular flexibility index (Phi) is 8.64. The van der Waals surface area contributed by atoms with E-state index in [4.69, 9.17) is 9.29 Å². The van der Waals surface area contributed by atoms with E-state index in [9.17, 15) is 9.00 Å². The second-order valence-corrected chi connectivity index (χ2v) is 8.03. The fraction of sp³-hybridized carbons (Fsp3) is 0.500. The summed E-state index contributed by atoms with van der Waals surface area (Å²) in [5.74, 6) is 0.718. The van der Waals surface area contributed by atoms with Crippen molar-refractivity contribution in [2.24, 2.45) is 11.8 Å². The number of aliphatic carboxylic acids is 1. The van der Waals surface area contributed by atoms with Crippen LogP contribution in [0.5, 0.6) is 5.75 Å². The van der Waals surface area contributed by atoms with E-state index in [1.807, 2.05) is 12.1 Å². The molecule has 1 aliphatic carbocycles. The van der Waals surface area contributed by atoms with Crippen molar-refractivity contribution < 1.29 is 18.3 Å². The molecule has 1 aromatic carbocycles. The van der Waals surface area contributed by atoms with Gasteiger partial charge in [0.2, 0.25) is 0 Å². The van der Waals surface area contributed by atoms with Gasteiger partial charge in [0.15, 0.2) is 0 Å². The van der Waals surface area contributed by atoms with Crippen molar-refractivity contribution in [1.82, 2.24) is 4.72 Å². The molecule has 0 amide bonds. The van der Waals surface area contributed by atoms with Crippen LogP contribution in [0.15, 0.2) is 40.9 Å². The smallest absolute Gasteiger partial charge is 0.303 e. The molecule has 0 spiro atoms. The van der Waals surface area contributed by atoms with Crippen LogP contribution in [0, 0.1) is 11.8 Å². The van der Waals surface area contributed by atoms with Crippen molar-refractivity contribution in [3.8, 4) is 5.75 Å². The Morgan fingerprint density at radius 3 is 2.84 bits per heavy atom. The highest BCUT2D eigenvalue weighted by atomic mass is 79.9. The molecule has 0 saturated heterocycles. The molecule has 5 nitrogen and oxygen atoms in total. The number of carbonyl (C=O) groups is 1. The normalized spacial score (nSPS) is 21.5. The molecule has 25 heavy (non-hydrogen) atoms. The molecule has 7 heteroatoms. The van der Waals surface area contributed by atoms with Crippen LogP contribution in [0.3, 0.4) is 0 Å². The van der Waals surface area contributed by atoms with Gasteiger partial charge in [-0.25, -0.2) is 4.72 Å². The second kappa shape index (κ2) is 10.7. The second-order valence-electron chi connectivity index (χ2n) is 6.19. The number of rotatable bonds is 10. The third-order valence-electron chi connectivity index (χ3n) is 4.31. The van der Waals surface area contributed by atoms with E-state index in [2.05, 4.69) is 32.8 Å². The number of halogens is 1. The van der Waals surface area contributed by atoms with Crippen molar-refractivity contribution in [3.63, 3.8) is 0 Å². The lowest BCUT2D eigenvalue weighted by atomic mass is 9.95. The molecular formula is C18H24BrNO4S. The zero-order chi connectivity index (χ0) is 18.1. The summed E-state index contributed by atoms with van der Waals surface area (Å²) in [7, 11) is 0. The first kappa shape index (κ1) is 20.1. The van der Waals surface area contributed by atoms with Crippen LogP contribution in [0.2, 0.25) is 0 Å². The third kappa shape index (κ3) is 7.71. The molecule has 0 heterocycles. The first-order valence-electron chi connectivity index (χ1n) is 8.52. The Hall–Kier alpha value is -1.18. The van der Waals surface area contributed by atoms with Crippen LogP contribution < -0.4 is 8.91 Å². The molecule has 1 aromatic rings. The maximum atomic E-state index is 12.0. The molecule has 2 rings (SSSR count). The molecule has 0 bridgehead atoms. The van der Waals surface area contributed by atoms with Crippen molar-refractivity contribution in [3.05, 3.63) is 40.9 Å². The Balaban J connectivity index is 1.71. The third-order valence-corrected chi connectivity index (χ3v) is 5.59. The summed E-state index contributed by atoms with van der Waals surface area (Å²) in [6.07, 6.45) is 9.35. The Bertz CT molecular complexity index is 606. The summed E-state index contributed by atoms with van der Waals surface area (Å²) in [6, 6.07) is 7.22. The van der Waals surface area contributed by atoms with Crippen molar-refractivity contribution in [1.29, 1.82) is 0 Å². The fourth-order valence-electron chi connectivity index (χ4n) is 3.00. The number of hydrogen-bond donors (Lipinski definition) is 2. The molecule has 1 fully saturated rings. The van der Waals surface area contributed by atoms with Crippen LogP contribution in [0.1, 0.15) is 38.5 Å². The first-order chi connectivity index (χ1) is 12.0. The summed E-state index contributed by atoms with van der Waals surface area (Å²) in [5, 5.41) is 8.63. The van der Waals surface area contributed by atoms with Crippen LogP contribution in [0.25, 0.3) is 0 Å². The SMILES string of the molecule is O=C(O)CCCC=CC1CCC[C@@H]1CNS(=O)Oc1ccc(Br)cc1. The standard InChI is InChI=1S/C18H24BrNO4S/c19-16-9-11-17(12-10-16)24-25(23)20-13-15-7-4-6-14(15)5-2-1-3-8-18(21)22/h2,5,9-12,14-15,20H,1,3-4,6-8,13H2,(H,21,22)/t14?,15-,25?/m1/s1. The zero-order valence-electron chi connectivity index (χ0n) is 14.0. The van der Waals surface area contributed by atoms with E-state index in [0.717, 1.165) is 30.2 Å². The number of carboxylic acid groups (broad SMARTS) is 1. The number of hydrogen-bond acceptors (Lipinski definition) is 3. The van der Waals surface area contributed by atoms with Gasteiger partial charge in [0.25, 0.3) is 11.3 Å². The van der Waals surface area contributed by atoms with E-state index in [1.165, 1.54) is 0 Å². The van der Waals surface area contributed by atoms with Crippen LogP contribution in [-0.2, 0) is 16.1 Å². The van der Waals surface area contributed by atoms with Gasteiger partial charge in [-0.3, -0.25) is 4.79 Å². The maximum absolute atomic E-state index is 12.0. The first-order valence-corrected chi connectivity index (χ1v) is 10.4. The molecule has 1 saturated carbocycles. The van der Waals surface area contributed by atoms with Gasteiger partial charge in [0.05, 0.1) is 0 Å². The highest BCUT2D eigenvalue weighted by Gasteiger charge is 2.25. The van der Waals surface area contributed by atoms with E-state index in [-0.39, 0.29) is 6.42 Å². The molecule has 1 aliphatic rings. The lowest BCUT2D eigenvalue weighted by molar-refractivity contribution is -0.137. The average molecular weight is 430 g/mol. The molecule has 2 N–H and O–H groups in total. The van der Waals surface area contributed by atoms with Gasteiger partial charge < -0.3 is 9.29 Å². The minimum atomic E-state index is -1.56. The molecule has 3 atom stereocenters. The van der Waals surface area contributed by atoms with Gasteiger partial charge in [-0.05, 0) is 61.8 Å². The fourth-order valence-corrected chi connectivity index (χ4v) is 3.96. The van der Waals surface area contributed by atoms with E-state index in [1.54, 1.807) is 12.1 Å². The Morgan fingerprint density at radius 1 is 1.36 bits per heavy atom.